The fourth-order valence-electron chi connectivity index (χ4n) is 2.08. The van der Waals surface area contributed by atoms with E-state index in [1.807, 2.05) is 16.8 Å². The van der Waals surface area contributed by atoms with E-state index in [1.165, 1.54) is 18.4 Å². The summed E-state index contributed by atoms with van der Waals surface area (Å²) >= 11 is 0. The second kappa shape index (κ2) is 5.04. The maximum Gasteiger partial charge on any atom is 0.139 e. The van der Waals surface area contributed by atoms with Crippen molar-refractivity contribution in [2.45, 2.75) is 33.1 Å². The summed E-state index contributed by atoms with van der Waals surface area (Å²) < 4.78 is 1.86. The number of nitrogens with zero attached hydrogens (tertiary/aromatic N) is 2. The predicted octanol–water partition coefficient (Wildman–Crippen LogP) is 3.23. The van der Waals surface area contributed by atoms with Crippen molar-refractivity contribution in [1.29, 1.82) is 0 Å². The first-order valence-corrected chi connectivity index (χ1v) is 6.03. The summed E-state index contributed by atoms with van der Waals surface area (Å²) in [5, 5.41) is 9.96. The summed E-state index contributed by atoms with van der Waals surface area (Å²) in [5.41, 5.74) is 3.28. The summed E-state index contributed by atoms with van der Waals surface area (Å²) in [6, 6.07) is 3.79. The molecule has 2 rings (SSSR count). The Morgan fingerprint density at radius 3 is 2.82 bits per heavy atom. The summed E-state index contributed by atoms with van der Waals surface area (Å²) in [6.07, 6.45) is 8.70. The van der Waals surface area contributed by atoms with Crippen LogP contribution in [0, 0.1) is 6.92 Å². The summed E-state index contributed by atoms with van der Waals surface area (Å²) in [6.45, 7) is 4.24. The maximum absolute atomic E-state index is 9.96. The van der Waals surface area contributed by atoms with Crippen LogP contribution in [0.3, 0.4) is 0 Å². The number of unbranched alkanes of at least 4 members (excludes halogenated alkanes) is 1. The van der Waals surface area contributed by atoms with Crippen molar-refractivity contribution in [3.63, 3.8) is 0 Å². The second-order valence-electron chi connectivity index (χ2n) is 4.29. The molecule has 0 atom stereocenters. The molecule has 1 heterocycles. The minimum atomic E-state index is 0.306. The van der Waals surface area contributed by atoms with Crippen LogP contribution < -0.4 is 0 Å². The normalized spacial score (nSPS) is 10.7. The first-order chi connectivity index (χ1) is 8.24. The highest BCUT2D eigenvalue weighted by Gasteiger charge is 2.10. The van der Waals surface area contributed by atoms with Crippen molar-refractivity contribution in [3.05, 3.63) is 42.0 Å². The van der Waals surface area contributed by atoms with Crippen LogP contribution >= 0.6 is 0 Å². The number of imidazole rings is 1. The molecular formula is C14H18N2O. The average molecular weight is 230 g/mol. The minimum Gasteiger partial charge on any atom is -0.506 e. The van der Waals surface area contributed by atoms with Crippen molar-refractivity contribution in [2.24, 2.45) is 0 Å². The third-order valence-electron chi connectivity index (χ3n) is 3.08. The molecule has 0 aliphatic carbocycles. The number of phenolic OH excluding ortho intramolecular Hbond substituents is 1. The summed E-state index contributed by atoms with van der Waals surface area (Å²) in [4.78, 5) is 4.02. The van der Waals surface area contributed by atoms with E-state index in [4.69, 9.17) is 0 Å². The molecule has 1 N–H and O–H groups in total. The van der Waals surface area contributed by atoms with Crippen LogP contribution in [-0.4, -0.2) is 14.7 Å². The number of aryl methyl sites for hydroxylation is 1. The van der Waals surface area contributed by atoms with Gasteiger partial charge in [0.25, 0.3) is 0 Å². The van der Waals surface area contributed by atoms with Crippen LogP contribution in [0.25, 0.3) is 5.69 Å². The smallest absolute Gasteiger partial charge is 0.139 e. The lowest BCUT2D eigenvalue weighted by Crippen LogP contribution is -1.99. The fourth-order valence-corrected chi connectivity index (χ4v) is 2.08. The van der Waals surface area contributed by atoms with Crippen LogP contribution in [0.15, 0.2) is 30.9 Å². The van der Waals surface area contributed by atoms with Crippen LogP contribution in [-0.2, 0) is 6.42 Å². The number of hydrogen-bond donors (Lipinski definition) is 1. The Morgan fingerprint density at radius 2 is 2.18 bits per heavy atom. The van der Waals surface area contributed by atoms with Gasteiger partial charge in [-0.3, -0.25) is 0 Å². The van der Waals surface area contributed by atoms with Gasteiger partial charge in [-0.05, 0) is 37.0 Å². The van der Waals surface area contributed by atoms with Crippen LogP contribution in [0.1, 0.15) is 30.9 Å². The zero-order valence-electron chi connectivity index (χ0n) is 10.3. The van der Waals surface area contributed by atoms with E-state index in [1.54, 1.807) is 18.6 Å². The van der Waals surface area contributed by atoms with Crippen LogP contribution in [0.4, 0.5) is 0 Å². The van der Waals surface area contributed by atoms with Gasteiger partial charge in [-0.25, -0.2) is 4.98 Å². The second-order valence-corrected chi connectivity index (χ2v) is 4.29. The third kappa shape index (κ3) is 2.33. The Morgan fingerprint density at radius 1 is 1.35 bits per heavy atom. The Kier molecular flexibility index (Phi) is 3.47. The SMILES string of the molecule is CCCCc1ccc(O)c(-n2ccnc2)c1C. The highest BCUT2D eigenvalue weighted by molar-refractivity contribution is 5.55. The standard InChI is InChI=1S/C14H18N2O/c1-3-4-5-12-6-7-13(17)14(11(12)2)16-9-8-15-10-16/h6-10,17H,3-5H2,1-2H3. The average Bonchev–Trinajstić information content (AvgIpc) is 2.82. The Labute approximate surface area is 102 Å². The van der Waals surface area contributed by atoms with Gasteiger partial charge < -0.3 is 9.67 Å². The van der Waals surface area contributed by atoms with E-state index in [9.17, 15) is 5.11 Å². The lowest BCUT2D eigenvalue weighted by atomic mass is 10.0. The molecule has 1 aromatic carbocycles. The van der Waals surface area contributed by atoms with Gasteiger partial charge in [0.1, 0.15) is 5.75 Å². The third-order valence-corrected chi connectivity index (χ3v) is 3.08. The van der Waals surface area contributed by atoms with Crippen LogP contribution in [0.2, 0.25) is 0 Å². The van der Waals surface area contributed by atoms with Crippen LogP contribution in [0.5, 0.6) is 5.75 Å². The van der Waals surface area contributed by atoms with E-state index < -0.39 is 0 Å². The molecule has 0 saturated heterocycles. The molecular weight excluding hydrogens is 212 g/mol. The Bertz CT molecular complexity index is 489. The molecule has 3 heteroatoms. The number of hydrogen-bond acceptors (Lipinski definition) is 2. The highest BCUT2D eigenvalue weighted by Crippen LogP contribution is 2.28. The van der Waals surface area contributed by atoms with Gasteiger partial charge in [-0.2, -0.15) is 0 Å². The molecule has 0 saturated carbocycles. The number of aromatic nitrogens is 2. The quantitative estimate of drug-likeness (QED) is 0.875. The molecule has 0 spiro atoms. The van der Waals surface area contributed by atoms with Gasteiger partial charge >= 0.3 is 0 Å². The number of benzene rings is 1. The molecule has 17 heavy (non-hydrogen) atoms. The van der Waals surface area contributed by atoms with Crippen molar-refractivity contribution in [2.75, 3.05) is 0 Å². The van der Waals surface area contributed by atoms with Crippen molar-refractivity contribution in [1.82, 2.24) is 9.55 Å². The first-order valence-electron chi connectivity index (χ1n) is 6.03. The minimum absolute atomic E-state index is 0.306. The molecule has 0 radical (unpaired) electrons. The fraction of sp³-hybridized carbons (Fsp3) is 0.357. The zero-order chi connectivity index (χ0) is 12.3. The highest BCUT2D eigenvalue weighted by atomic mass is 16.3. The zero-order valence-corrected chi connectivity index (χ0v) is 10.3. The Hall–Kier alpha value is -1.77. The first kappa shape index (κ1) is 11.7. The van der Waals surface area contributed by atoms with Crippen molar-refractivity contribution < 1.29 is 5.11 Å². The molecule has 0 bridgehead atoms. The molecule has 0 amide bonds. The molecule has 1 aromatic heterocycles. The lowest BCUT2D eigenvalue weighted by molar-refractivity contribution is 0.471. The van der Waals surface area contributed by atoms with Gasteiger partial charge in [0.15, 0.2) is 0 Å². The molecule has 0 fully saturated rings. The monoisotopic (exact) mass is 230 g/mol. The molecule has 2 aromatic rings. The largest absolute Gasteiger partial charge is 0.506 e. The van der Waals surface area contributed by atoms with E-state index in [-0.39, 0.29) is 0 Å². The van der Waals surface area contributed by atoms with E-state index in [0.29, 0.717) is 5.75 Å². The summed E-state index contributed by atoms with van der Waals surface area (Å²) in [5.74, 6) is 0.306. The number of phenols is 1. The Balaban J connectivity index is 2.44. The van der Waals surface area contributed by atoms with Crippen molar-refractivity contribution >= 4 is 0 Å². The van der Waals surface area contributed by atoms with Gasteiger partial charge in [0.05, 0.1) is 12.0 Å². The number of rotatable bonds is 4. The van der Waals surface area contributed by atoms with Gasteiger partial charge in [0, 0.05) is 12.4 Å². The molecule has 0 unspecified atom stereocenters. The maximum atomic E-state index is 9.96. The molecule has 0 aliphatic rings. The molecule has 3 nitrogen and oxygen atoms in total. The van der Waals surface area contributed by atoms with E-state index in [0.717, 1.165) is 17.7 Å². The van der Waals surface area contributed by atoms with Gasteiger partial charge in [0.2, 0.25) is 0 Å². The summed E-state index contributed by atoms with van der Waals surface area (Å²) in [7, 11) is 0. The molecule has 0 aliphatic heterocycles. The molecule has 90 valence electrons. The predicted molar refractivity (Wildman–Crippen MR) is 68.6 cm³/mol. The van der Waals surface area contributed by atoms with E-state index >= 15 is 0 Å². The van der Waals surface area contributed by atoms with Gasteiger partial charge in [-0.15, -0.1) is 0 Å². The van der Waals surface area contributed by atoms with E-state index in [2.05, 4.69) is 18.8 Å². The van der Waals surface area contributed by atoms with Gasteiger partial charge in [-0.1, -0.05) is 19.4 Å². The van der Waals surface area contributed by atoms with Crippen molar-refractivity contribution in [3.8, 4) is 11.4 Å². The topological polar surface area (TPSA) is 38.0 Å². The lowest BCUT2D eigenvalue weighted by Gasteiger charge is -2.13. The number of aromatic hydroxyl groups is 1.